The summed E-state index contributed by atoms with van der Waals surface area (Å²) in [6.07, 6.45) is 11.6. The van der Waals surface area contributed by atoms with Gasteiger partial charge in [0.1, 0.15) is 0 Å². The van der Waals surface area contributed by atoms with Gasteiger partial charge in [0.05, 0.1) is 0 Å². The maximum atomic E-state index is 12.4. The van der Waals surface area contributed by atoms with Gasteiger partial charge in [0.2, 0.25) is 5.91 Å². The number of fused-ring (bicyclic) bond motifs is 2. The molecule has 3 aromatic rings. The summed E-state index contributed by atoms with van der Waals surface area (Å²) in [5.41, 5.74) is 7.50. The third kappa shape index (κ3) is 4.11. The van der Waals surface area contributed by atoms with Gasteiger partial charge in [-0.1, -0.05) is 84.9 Å². The second kappa shape index (κ2) is 8.77. The molecule has 0 saturated carbocycles. The first kappa shape index (κ1) is 19.6. The molecule has 5 rings (SSSR count). The Morgan fingerprint density at radius 2 is 1.32 bits per heavy atom. The number of likely N-dealkylation sites (tertiary alicyclic amines) is 1. The number of carbonyl (C=O) groups excluding carboxylic acids is 1. The lowest BCUT2D eigenvalue weighted by atomic mass is 9.82. The molecule has 31 heavy (non-hydrogen) atoms. The SMILES string of the molecule is O=C(/C=C/c1ccc(C2c3ccccc3C=Cc3ccccc32)cc1)N1CCCCC1. The number of amides is 1. The highest BCUT2D eigenvalue weighted by Gasteiger charge is 2.22. The third-order valence-corrected chi connectivity index (χ3v) is 6.41. The lowest BCUT2D eigenvalue weighted by Gasteiger charge is -2.25. The van der Waals surface area contributed by atoms with Crippen LogP contribution in [-0.2, 0) is 4.79 Å². The lowest BCUT2D eigenvalue weighted by Crippen LogP contribution is -2.34. The minimum atomic E-state index is 0.126. The Labute approximate surface area is 184 Å². The summed E-state index contributed by atoms with van der Waals surface area (Å²) >= 11 is 0. The highest BCUT2D eigenvalue weighted by Crippen LogP contribution is 2.39. The first-order valence-electron chi connectivity index (χ1n) is 11.2. The fourth-order valence-electron chi connectivity index (χ4n) is 4.74. The van der Waals surface area contributed by atoms with E-state index in [4.69, 9.17) is 0 Å². The van der Waals surface area contributed by atoms with E-state index in [0.29, 0.717) is 0 Å². The minimum Gasteiger partial charge on any atom is -0.339 e. The molecule has 3 aromatic carbocycles. The van der Waals surface area contributed by atoms with Gasteiger partial charge in [-0.15, -0.1) is 0 Å². The van der Waals surface area contributed by atoms with E-state index in [9.17, 15) is 4.79 Å². The van der Waals surface area contributed by atoms with Crippen molar-refractivity contribution in [3.05, 3.63) is 112 Å². The van der Waals surface area contributed by atoms with E-state index in [0.717, 1.165) is 31.5 Å². The van der Waals surface area contributed by atoms with Crippen LogP contribution in [0.4, 0.5) is 0 Å². The molecule has 1 aliphatic heterocycles. The normalized spacial score (nSPS) is 16.1. The lowest BCUT2D eigenvalue weighted by molar-refractivity contribution is -0.126. The molecule has 0 spiro atoms. The predicted molar refractivity (Wildman–Crippen MR) is 129 cm³/mol. The number of benzene rings is 3. The summed E-state index contributed by atoms with van der Waals surface area (Å²) in [4.78, 5) is 14.4. The van der Waals surface area contributed by atoms with Crippen LogP contribution in [0, 0.1) is 0 Å². The zero-order valence-electron chi connectivity index (χ0n) is 17.7. The molecule has 2 aliphatic rings. The van der Waals surface area contributed by atoms with E-state index in [1.165, 1.54) is 34.2 Å². The van der Waals surface area contributed by atoms with Crippen LogP contribution in [0.25, 0.3) is 18.2 Å². The Morgan fingerprint density at radius 3 is 1.94 bits per heavy atom. The Hall–Kier alpha value is -3.39. The molecule has 0 unspecified atom stereocenters. The zero-order valence-corrected chi connectivity index (χ0v) is 17.7. The van der Waals surface area contributed by atoms with Gasteiger partial charge in [-0.05, 0) is 58.7 Å². The van der Waals surface area contributed by atoms with Crippen molar-refractivity contribution in [1.82, 2.24) is 4.90 Å². The molecule has 154 valence electrons. The van der Waals surface area contributed by atoms with Crippen molar-refractivity contribution in [3.8, 4) is 0 Å². The van der Waals surface area contributed by atoms with Crippen molar-refractivity contribution in [2.45, 2.75) is 25.2 Å². The summed E-state index contributed by atoms with van der Waals surface area (Å²) in [7, 11) is 0. The Morgan fingerprint density at radius 1 is 0.742 bits per heavy atom. The number of hydrogen-bond acceptors (Lipinski definition) is 1. The van der Waals surface area contributed by atoms with Crippen LogP contribution < -0.4 is 0 Å². The molecule has 1 heterocycles. The van der Waals surface area contributed by atoms with E-state index in [-0.39, 0.29) is 11.8 Å². The van der Waals surface area contributed by atoms with Crippen molar-refractivity contribution in [2.75, 3.05) is 13.1 Å². The zero-order chi connectivity index (χ0) is 21.0. The molecule has 1 fully saturated rings. The Balaban J connectivity index is 1.44. The average Bonchev–Trinajstić information content (AvgIpc) is 3.00. The summed E-state index contributed by atoms with van der Waals surface area (Å²) in [5, 5.41) is 0. The minimum absolute atomic E-state index is 0.126. The van der Waals surface area contributed by atoms with Crippen LogP contribution in [0.5, 0.6) is 0 Å². The predicted octanol–water partition coefficient (Wildman–Crippen LogP) is 6.38. The summed E-state index contributed by atoms with van der Waals surface area (Å²) in [5.74, 6) is 0.317. The van der Waals surface area contributed by atoms with Crippen molar-refractivity contribution < 1.29 is 4.79 Å². The van der Waals surface area contributed by atoms with E-state index < -0.39 is 0 Å². The van der Waals surface area contributed by atoms with Gasteiger partial charge in [-0.3, -0.25) is 4.79 Å². The smallest absolute Gasteiger partial charge is 0.246 e. The number of hydrogen-bond donors (Lipinski definition) is 0. The second-order valence-electron chi connectivity index (χ2n) is 8.41. The van der Waals surface area contributed by atoms with Crippen molar-refractivity contribution >= 4 is 24.1 Å². The maximum Gasteiger partial charge on any atom is 0.246 e. The molecule has 1 saturated heterocycles. The van der Waals surface area contributed by atoms with E-state index in [2.05, 4.69) is 84.9 Å². The van der Waals surface area contributed by atoms with Crippen molar-refractivity contribution in [3.63, 3.8) is 0 Å². The van der Waals surface area contributed by atoms with Gasteiger partial charge in [0.25, 0.3) is 0 Å². The maximum absolute atomic E-state index is 12.4. The molecular weight excluding hydrogens is 378 g/mol. The largest absolute Gasteiger partial charge is 0.339 e. The van der Waals surface area contributed by atoms with E-state index >= 15 is 0 Å². The third-order valence-electron chi connectivity index (χ3n) is 6.41. The fourth-order valence-corrected chi connectivity index (χ4v) is 4.74. The van der Waals surface area contributed by atoms with Gasteiger partial charge in [-0.2, -0.15) is 0 Å². The van der Waals surface area contributed by atoms with Gasteiger partial charge < -0.3 is 4.90 Å². The van der Waals surface area contributed by atoms with Gasteiger partial charge in [-0.25, -0.2) is 0 Å². The Kier molecular flexibility index (Phi) is 5.54. The molecule has 0 N–H and O–H groups in total. The summed E-state index contributed by atoms with van der Waals surface area (Å²) in [6, 6.07) is 25.9. The Bertz CT molecular complexity index is 1080. The number of piperidine rings is 1. The van der Waals surface area contributed by atoms with Gasteiger partial charge >= 0.3 is 0 Å². The topological polar surface area (TPSA) is 20.3 Å². The number of rotatable bonds is 3. The monoisotopic (exact) mass is 405 g/mol. The fraction of sp³-hybridized carbons (Fsp3) is 0.207. The second-order valence-corrected chi connectivity index (χ2v) is 8.41. The first-order chi connectivity index (χ1) is 15.3. The quantitative estimate of drug-likeness (QED) is 0.362. The van der Waals surface area contributed by atoms with Crippen LogP contribution in [0.1, 0.15) is 58.6 Å². The average molecular weight is 406 g/mol. The van der Waals surface area contributed by atoms with Crippen molar-refractivity contribution in [1.29, 1.82) is 0 Å². The molecule has 0 radical (unpaired) electrons. The van der Waals surface area contributed by atoms with Crippen LogP contribution in [-0.4, -0.2) is 23.9 Å². The van der Waals surface area contributed by atoms with Crippen LogP contribution >= 0.6 is 0 Å². The van der Waals surface area contributed by atoms with E-state index in [1.54, 1.807) is 6.08 Å². The molecular formula is C29H27NO. The van der Waals surface area contributed by atoms with Crippen LogP contribution in [0.15, 0.2) is 78.9 Å². The van der Waals surface area contributed by atoms with Crippen LogP contribution in [0.2, 0.25) is 0 Å². The summed E-state index contributed by atoms with van der Waals surface area (Å²) in [6.45, 7) is 1.77. The molecule has 1 aliphatic carbocycles. The highest BCUT2D eigenvalue weighted by atomic mass is 16.2. The molecule has 0 bridgehead atoms. The standard InChI is InChI=1S/C29H27NO/c31-28(30-20-6-1-7-21-30)19-14-22-12-15-25(16-13-22)29-26-10-4-2-8-23(26)17-18-24-9-3-5-11-27(24)29/h2-5,8-19,29H,1,6-7,20-21H2/b19-14+. The summed E-state index contributed by atoms with van der Waals surface area (Å²) < 4.78 is 0. The number of carbonyl (C=O) groups is 1. The van der Waals surface area contributed by atoms with E-state index in [1.807, 2.05) is 11.0 Å². The molecule has 1 amide bonds. The van der Waals surface area contributed by atoms with Gasteiger partial charge in [0.15, 0.2) is 0 Å². The molecule has 2 nitrogen and oxygen atoms in total. The molecule has 0 atom stereocenters. The molecule has 0 aromatic heterocycles. The number of nitrogens with zero attached hydrogens (tertiary/aromatic N) is 1. The van der Waals surface area contributed by atoms with Crippen molar-refractivity contribution in [2.24, 2.45) is 0 Å². The first-order valence-corrected chi connectivity index (χ1v) is 11.2. The highest BCUT2D eigenvalue weighted by molar-refractivity contribution is 5.91. The van der Waals surface area contributed by atoms with Gasteiger partial charge in [0, 0.05) is 25.1 Å². The van der Waals surface area contributed by atoms with Crippen LogP contribution in [0.3, 0.4) is 0 Å². The molecule has 2 heteroatoms.